The summed E-state index contributed by atoms with van der Waals surface area (Å²) in [6.45, 7) is 8.08. The van der Waals surface area contributed by atoms with Gasteiger partial charge in [0.2, 0.25) is 5.69 Å². The number of aromatic nitrogens is 4. The van der Waals surface area contributed by atoms with Crippen LogP contribution in [0.4, 0.5) is 24.5 Å². The van der Waals surface area contributed by atoms with E-state index in [9.17, 15) is 13.6 Å². The van der Waals surface area contributed by atoms with Gasteiger partial charge in [-0.3, -0.25) is 9.48 Å². The van der Waals surface area contributed by atoms with Gasteiger partial charge in [-0.1, -0.05) is 17.7 Å². The normalized spacial score (nSPS) is 17.2. The highest BCUT2D eigenvalue weighted by Gasteiger charge is 2.76. The minimum atomic E-state index is -2.72. The van der Waals surface area contributed by atoms with Crippen molar-refractivity contribution in [2.75, 3.05) is 18.0 Å². The summed E-state index contributed by atoms with van der Waals surface area (Å²) in [6, 6.07) is 6.34. The van der Waals surface area contributed by atoms with Gasteiger partial charge in [0.25, 0.3) is 11.5 Å². The van der Waals surface area contributed by atoms with Crippen LogP contribution in [-0.2, 0) is 13.6 Å². The van der Waals surface area contributed by atoms with Crippen LogP contribution in [0.3, 0.4) is 0 Å². The Morgan fingerprint density at radius 2 is 2.00 bits per heavy atom. The lowest BCUT2D eigenvalue weighted by atomic mass is 9.92. The molecule has 3 heterocycles. The molecule has 3 N–H and O–H groups in total. The largest absolute Gasteiger partial charge is 0.379 e. The molecular formula is C25H19ClF3N7O. The maximum Gasteiger partial charge on any atom is 0.272 e. The predicted octanol–water partition coefficient (Wildman–Crippen LogP) is 4.64. The average Bonchev–Trinajstić information content (AvgIpc) is 3.24. The molecule has 1 aliphatic heterocycles. The number of hydrogen-bond donors (Lipinski definition) is 2. The fraction of sp³-hybridized carbons (Fsp3) is 0.280. The standard InChI is InChI=1S/C25H19ClF3N7O/c1-31-21-18(36-10-24(11-36)9-25(24,28)29)6-16(26)20(27)19(21)22-15(8-32-35(22)2)12-3-4-13-14(5-12)17(7-30)33-34-23(13)37/h3-6,8H,7,9-11,30H2,2H3,(H,34,37). The lowest BCUT2D eigenvalue weighted by Gasteiger charge is -2.42. The van der Waals surface area contributed by atoms with Crippen molar-refractivity contribution < 1.29 is 13.2 Å². The van der Waals surface area contributed by atoms with Crippen molar-refractivity contribution in [3.05, 3.63) is 68.8 Å². The summed E-state index contributed by atoms with van der Waals surface area (Å²) in [5, 5.41) is 11.4. The number of nitrogens with zero attached hydrogens (tertiary/aromatic N) is 5. The lowest BCUT2D eigenvalue weighted by molar-refractivity contribution is 0.0520. The lowest BCUT2D eigenvalue weighted by Crippen LogP contribution is -2.51. The Hall–Kier alpha value is -3.88. The van der Waals surface area contributed by atoms with Gasteiger partial charge in [-0.2, -0.15) is 10.2 Å². The van der Waals surface area contributed by atoms with Gasteiger partial charge < -0.3 is 10.6 Å². The zero-order valence-corrected chi connectivity index (χ0v) is 20.2. The molecule has 2 aromatic heterocycles. The second-order valence-electron chi connectivity index (χ2n) is 9.54. The molecular weight excluding hydrogens is 507 g/mol. The van der Waals surface area contributed by atoms with Gasteiger partial charge in [-0.25, -0.2) is 23.1 Å². The van der Waals surface area contributed by atoms with Crippen molar-refractivity contribution in [3.63, 3.8) is 0 Å². The summed E-state index contributed by atoms with van der Waals surface area (Å²) in [4.78, 5) is 17.5. The Labute approximate surface area is 213 Å². The van der Waals surface area contributed by atoms with Gasteiger partial charge in [0.1, 0.15) is 5.82 Å². The maximum atomic E-state index is 15.6. The van der Waals surface area contributed by atoms with Gasteiger partial charge in [0.05, 0.1) is 40.0 Å². The number of H-pyrrole nitrogens is 1. The molecule has 4 aromatic rings. The average molecular weight is 526 g/mol. The smallest absolute Gasteiger partial charge is 0.272 e. The van der Waals surface area contributed by atoms with E-state index in [0.29, 0.717) is 33.3 Å². The summed E-state index contributed by atoms with van der Waals surface area (Å²) >= 11 is 6.28. The first-order valence-corrected chi connectivity index (χ1v) is 11.7. The van der Waals surface area contributed by atoms with E-state index in [-0.39, 0.29) is 53.6 Å². The van der Waals surface area contributed by atoms with Crippen molar-refractivity contribution in [3.8, 4) is 22.4 Å². The fourth-order valence-electron chi connectivity index (χ4n) is 5.24. The molecule has 2 fully saturated rings. The second-order valence-corrected chi connectivity index (χ2v) is 9.95. The van der Waals surface area contributed by atoms with Crippen LogP contribution >= 0.6 is 11.6 Å². The zero-order valence-electron chi connectivity index (χ0n) is 19.4. The van der Waals surface area contributed by atoms with Gasteiger partial charge >= 0.3 is 0 Å². The maximum absolute atomic E-state index is 15.6. The van der Waals surface area contributed by atoms with Crippen molar-refractivity contribution in [1.82, 2.24) is 20.0 Å². The number of alkyl halides is 2. The van der Waals surface area contributed by atoms with E-state index >= 15 is 4.39 Å². The molecule has 0 atom stereocenters. The van der Waals surface area contributed by atoms with Crippen molar-refractivity contribution >= 4 is 33.7 Å². The van der Waals surface area contributed by atoms with Crippen LogP contribution in [-0.4, -0.2) is 39.0 Å². The van der Waals surface area contributed by atoms with Crippen LogP contribution in [0.2, 0.25) is 5.02 Å². The van der Waals surface area contributed by atoms with Crippen LogP contribution in [0.25, 0.3) is 38.0 Å². The molecule has 1 aliphatic carbocycles. The number of hydrogen-bond acceptors (Lipinski definition) is 5. The summed E-state index contributed by atoms with van der Waals surface area (Å²) in [5.41, 5.74) is 6.38. The van der Waals surface area contributed by atoms with Gasteiger partial charge in [0.15, 0.2) is 0 Å². The van der Waals surface area contributed by atoms with Crippen molar-refractivity contribution in [2.24, 2.45) is 18.2 Å². The van der Waals surface area contributed by atoms with E-state index in [4.69, 9.17) is 23.9 Å². The third kappa shape index (κ3) is 3.29. The first kappa shape index (κ1) is 23.5. The number of anilines is 1. The Morgan fingerprint density at radius 1 is 1.27 bits per heavy atom. The molecule has 1 spiro atoms. The molecule has 188 valence electrons. The molecule has 2 aliphatic rings. The van der Waals surface area contributed by atoms with Gasteiger partial charge in [0, 0.05) is 55.3 Å². The fourth-order valence-corrected chi connectivity index (χ4v) is 5.44. The van der Waals surface area contributed by atoms with E-state index < -0.39 is 17.2 Å². The highest BCUT2D eigenvalue weighted by molar-refractivity contribution is 6.31. The molecule has 0 unspecified atom stereocenters. The molecule has 8 nitrogen and oxygen atoms in total. The SMILES string of the molecule is [C-]#[N+]c1c(N2CC3(C2)CC3(F)F)cc(Cl)c(F)c1-c1c(-c2ccc3c(=O)[nH]nc(CN)c3c2)cnn1C. The van der Waals surface area contributed by atoms with Crippen LogP contribution in [0.1, 0.15) is 12.1 Å². The number of halogens is 4. The number of nitrogens with two attached hydrogens (primary N) is 1. The molecule has 2 aromatic carbocycles. The topological polar surface area (TPSA) is 97.2 Å². The van der Waals surface area contributed by atoms with E-state index in [1.807, 2.05) is 0 Å². The highest BCUT2D eigenvalue weighted by atomic mass is 35.5. The number of nitrogens with one attached hydrogen (secondary N) is 1. The third-order valence-corrected chi connectivity index (χ3v) is 7.65. The molecule has 12 heteroatoms. The Balaban J connectivity index is 1.53. The monoisotopic (exact) mass is 525 g/mol. The van der Waals surface area contributed by atoms with Crippen molar-refractivity contribution in [1.29, 1.82) is 0 Å². The summed E-state index contributed by atoms with van der Waals surface area (Å²) in [7, 11) is 1.61. The molecule has 0 bridgehead atoms. The molecule has 0 radical (unpaired) electrons. The third-order valence-electron chi connectivity index (χ3n) is 7.37. The predicted molar refractivity (Wildman–Crippen MR) is 133 cm³/mol. The van der Waals surface area contributed by atoms with E-state index in [1.165, 1.54) is 16.9 Å². The Morgan fingerprint density at radius 3 is 2.65 bits per heavy atom. The minimum Gasteiger partial charge on any atom is -0.379 e. The first-order chi connectivity index (χ1) is 17.6. The summed E-state index contributed by atoms with van der Waals surface area (Å²) in [5.74, 6) is -3.53. The van der Waals surface area contributed by atoms with Gasteiger partial charge in [-0.05, 0) is 23.8 Å². The number of aromatic amines is 1. The molecule has 0 amide bonds. The van der Waals surface area contributed by atoms with E-state index in [2.05, 4.69) is 20.1 Å². The number of fused-ring (bicyclic) bond motifs is 1. The van der Waals surface area contributed by atoms with Crippen LogP contribution in [0, 0.1) is 17.8 Å². The Kier molecular flexibility index (Phi) is 4.96. The first-order valence-electron chi connectivity index (χ1n) is 11.4. The van der Waals surface area contributed by atoms with Crippen LogP contribution in [0.5, 0.6) is 0 Å². The second kappa shape index (κ2) is 7.81. The number of aryl methyl sites for hydroxylation is 1. The Bertz CT molecular complexity index is 1720. The quantitative estimate of drug-likeness (QED) is 0.378. The molecule has 1 saturated heterocycles. The molecule has 1 saturated carbocycles. The van der Waals surface area contributed by atoms with Crippen LogP contribution in [0.15, 0.2) is 35.3 Å². The highest BCUT2D eigenvalue weighted by Crippen LogP contribution is 2.66. The zero-order chi connectivity index (χ0) is 26.3. The van der Waals surface area contributed by atoms with Gasteiger partial charge in [-0.15, -0.1) is 0 Å². The molecule has 6 rings (SSSR count). The van der Waals surface area contributed by atoms with E-state index in [0.717, 1.165) is 0 Å². The van der Waals surface area contributed by atoms with Crippen molar-refractivity contribution in [2.45, 2.75) is 18.9 Å². The minimum absolute atomic E-state index is 0.0351. The summed E-state index contributed by atoms with van der Waals surface area (Å²) in [6.07, 6.45) is 1.33. The number of rotatable bonds is 4. The summed E-state index contributed by atoms with van der Waals surface area (Å²) < 4.78 is 44.7. The number of benzene rings is 2. The van der Waals surface area contributed by atoms with E-state index in [1.54, 1.807) is 30.1 Å². The van der Waals surface area contributed by atoms with Crippen LogP contribution < -0.4 is 16.2 Å². The molecule has 37 heavy (non-hydrogen) atoms.